The molecule has 2 aromatic carbocycles. The molecule has 3 aromatic rings. The molecule has 11 heteroatoms. The molecule has 0 saturated carbocycles. The largest absolute Gasteiger partial charge is 0.497 e. The summed E-state index contributed by atoms with van der Waals surface area (Å²) >= 11 is 1.23. The summed E-state index contributed by atoms with van der Waals surface area (Å²) < 4.78 is 5.15. The number of likely N-dealkylation sites (tertiary alicyclic amines) is 1. The molecule has 1 unspecified atom stereocenters. The van der Waals surface area contributed by atoms with Gasteiger partial charge in [0.15, 0.2) is 0 Å². The predicted octanol–water partition coefficient (Wildman–Crippen LogP) is 3.37. The number of carbonyl (C=O) groups excluding carboxylic acids is 2. The Labute approximate surface area is 187 Å². The van der Waals surface area contributed by atoms with E-state index in [-0.39, 0.29) is 17.5 Å². The highest BCUT2D eigenvalue weighted by Gasteiger charge is 2.35. The van der Waals surface area contributed by atoms with Crippen molar-refractivity contribution in [3.05, 3.63) is 64.2 Å². The number of hydrogen-bond acceptors (Lipinski definition) is 8. The van der Waals surface area contributed by atoms with Crippen molar-refractivity contribution in [3.63, 3.8) is 0 Å². The minimum Gasteiger partial charge on any atom is -0.497 e. The fraction of sp³-hybridized carbons (Fsp3) is 0.238. The van der Waals surface area contributed by atoms with E-state index in [1.165, 1.54) is 40.5 Å². The number of non-ortho nitro benzene ring substituents is 1. The van der Waals surface area contributed by atoms with Crippen LogP contribution in [0.15, 0.2) is 48.5 Å². The average molecular weight is 453 g/mol. The average Bonchev–Trinajstić information content (AvgIpc) is 3.49. The van der Waals surface area contributed by atoms with Crippen molar-refractivity contribution < 1.29 is 19.2 Å². The fourth-order valence-electron chi connectivity index (χ4n) is 3.49. The Morgan fingerprint density at radius 3 is 2.53 bits per heavy atom. The molecule has 1 fully saturated rings. The van der Waals surface area contributed by atoms with Crippen molar-refractivity contribution in [3.8, 4) is 16.3 Å². The second kappa shape index (κ2) is 9.10. The Morgan fingerprint density at radius 2 is 1.88 bits per heavy atom. The third-order valence-corrected chi connectivity index (χ3v) is 6.02. The Kier molecular flexibility index (Phi) is 6.08. The molecule has 1 atom stereocenters. The lowest BCUT2D eigenvalue weighted by atomic mass is 10.1. The molecule has 1 N–H and O–H groups in total. The summed E-state index contributed by atoms with van der Waals surface area (Å²) in [5.41, 5.74) is 1.05. The Morgan fingerprint density at radius 1 is 1.16 bits per heavy atom. The molecule has 164 valence electrons. The first-order valence-electron chi connectivity index (χ1n) is 9.80. The van der Waals surface area contributed by atoms with E-state index in [1.54, 1.807) is 7.11 Å². The first-order valence-corrected chi connectivity index (χ1v) is 10.6. The topological polar surface area (TPSA) is 128 Å². The van der Waals surface area contributed by atoms with E-state index < -0.39 is 11.0 Å². The third-order valence-electron chi connectivity index (χ3n) is 5.13. The van der Waals surface area contributed by atoms with E-state index in [0.717, 1.165) is 11.3 Å². The lowest BCUT2D eigenvalue weighted by Gasteiger charge is -2.23. The summed E-state index contributed by atoms with van der Waals surface area (Å²) in [6.07, 6.45) is 1.21. The van der Waals surface area contributed by atoms with Crippen LogP contribution in [0.3, 0.4) is 0 Å². The van der Waals surface area contributed by atoms with Crippen LogP contribution in [0.25, 0.3) is 10.6 Å². The number of benzene rings is 2. The molecule has 1 aromatic heterocycles. The van der Waals surface area contributed by atoms with E-state index in [2.05, 4.69) is 15.5 Å². The van der Waals surface area contributed by atoms with E-state index in [0.29, 0.717) is 35.1 Å². The van der Waals surface area contributed by atoms with Gasteiger partial charge in [-0.25, -0.2) is 0 Å². The summed E-state index contributed by atoms with van der Waals surface area (Å²) in [4.78, 5) is 37.5. The second-order valence-corrected chi connectivity index (χ2v) is 8.07. The van der Waals surface area contributed by atoms with Crippen LogP contribution in [0.2, 0.25) is 0 Å². The van der Waals surface area contributed by atoms with E-state index in [4.69, 9.17) is 4.74 Å². The number of nitrogens with one attached hydrogen (secondary N) is 1. The quantitative estimate of drug-likeness (QED) is 0.448. The number of nitro benzene ring substituents is 1. The number of carbonyl (C=O) groups is 2. The maximum atomic E-state index is 12.9. The molecule has 1 aliphatic heterocycles. The molecule has 2 amide bonds. The summed E-state index contributed by atoms with van der Waals surface area (Å²) in [5, 5.41) is 22.7. The molecule has 1 saturated heterocycles. The minimum absolute atomic E-state index is 0.0961. The molecule has 10 nitrogen and oxygen atoms in total. The maximum Gasteiger partial charge on any atom is 0.269 e. The second-order valence-electron chi connectivity index (χ2n) is 7.09. The highest BCUT2D eigenvalue weighted by molar-refractivity contribution is 7.18. The molecule has 4 rings (SSSR count). The van der Waals surface area contributed by atoms with Crippen molar-refractivity contribution in [2.24, 2.45) is 0 Å². The first kappa shape index (κ1) is 21.4. The van der Waals surface area contributed by atoms with Crippen LogP contribution in [0, 0.1) is 10.1 Å². The first-order chi connectivity index (χ1) is 15.5. The van der Waals surface area contributed by atoms with Crippen LogP contribution in [-0.4, -0.2) is 51.5 Å². The number of rotatable bonds is 6. The number of methoxy groups -OCH3 is 1. The van der Waals surface area contributed by atoms with Crippen molar-refractivity contribution >= 4 is 34.0 Å². The van der Waals surface area contributed by atoms with Gasteiger partial charge in [-0.05, 0) is 49.2 Å². The van der Waals surface area contributed by atoms with Crippen LogP contribution < -0.4 is 10.1 Å². The number of anilines is 1. The molecule has 0 radical (unpaired) electrons. The smallest absolute Gasteiger partial charge is 0.269 e. The fourth-order valence-corrected chi connectivity index (χ4v) is 4.24. The normalized spacial score (nSPS) is 15.4. The standard InChI is InChI=1S/C21H19N5O5S/c1-31-16-10-6-13(7-11-16)19-23-24-21(32-19)22-18(27)17-3-2-12-25(17)20(28)14-4-8-15(9-5-14)26(29)30/h4-11,17H,2-3,12H2,1H3,(H,22,24,27). The van der Waals surface area contributed by atoms with Crippen molar-refractivity contribution in [2.45, 2.75) is 18.9 Å². The van der Waals surface area contributed by atoms with Gasteiger partial charge in [0.05, 0.1) is 12.0 Å². The SMILES string of the molecule is COc1ccc(-c2nnc(NC(=O)C3CCCN3C(=O)c3ccc([N+](=O)[O-])cc3)s2)cc1. The van der Waals surface area contributed by atoms with E-state index in [9.17, 15) is 19.7 Å². The summed E-state index contributed by atoms with van der Waals surface area (Å²) in [7, 11) is 1.59. The minimum atomic E-state index is -0.647. The molecule has 0 spiro atoms. The summed E-state index contributed by atoms with van der Waals surface area (Å²) in [6, 6.07) is 12.1. The summed E-state index contributed by atoms with van der Waals surface area (Å²) in [6.45, 7) is 0.432. The molecule has 32 heavy (non-hydrogen) atoms. The van der Waals surface area contributed by atoms with Gasteiger partial charge >= 0.3 is 0 Å². The molecular weight excluding hydrogens is 434 g/mol. The lowest BCUT2D eigenvalue weighted by molar-refractivity contribution is -0.384. The van der Waals surface area contributed by atoms with Gasteiger partial charge in [0.2, 0.25) is 11.0 Å². The maximum absolute atomic E-state index is 12.9. The Hall–Kier alpha value is -3.86. The number of nitro groups is 1. The van der Waals surface area contributed by atoms with Gasteiger partial charge in [-0.3, -0.25) is 25.0 Å². The van der Waals surface area contributed by atoms with Crippen LogP contribution in [0.4, 0.5) is 10.8 Å². The molecule has 0 bridgehead atoms. The summed E-state index contributed by atoms with van der Waals surface area (Å²) in [5.74, 6) is 0.0507. The van der Waals surface area contributed by atoms with Crippen molar-refractivity contribution in [1.29, 1.82) is 0 Å². The highest BCUT2D eigenvalue weighted by atomic mass is 32.1. The van der Waals surface area contributed by atoms with Gasteiger partial charge in [0.25, 0.3) is 11.6 Å². The molecule has 0 aliphatic carbocycles. The number of amides is 2. The zero-order valence-electron chi connectivity index (χ0n) is 17.1. The number of nitrogens with zero attached hydrogens (tertiary/aromatic N) is 4. The van der Waals surface area contributed by atoms with Gasteiger partial charge in [-0.15, -0.1) is 10.2 Å². The lowest BCUT2D eigenvalue weighted by Crippen LogP contribution is -2.43. The van der Waals surface area contributed by atoms with Gasteiger partial charge in [0.1, 0.15) is 16.8 Å². The monoisotopic (exact) mass is 453 g/mol. The van der Waals surface area contributed by atoms with Gasteiger partial charge in [-0.1, -0.05) is 11.3 Å². The number of ether oxygens (including phenoxy) is 1. The Balaban J connectivity index is 1.44. The number of hydrogen-bond donors (Lipinski definition) is 1. The molecule has 1 aliphatic rings. The van der Waals surface area contributed by atoms with Crippen LogP contribution in [0.1, 0.15) is 23.2 Å². The number of aromatic nitrogens is 2. The zero-order chi connectivity index (χ0) is 22.7. The van der Waals surface area contributed by atoms with Crippen molar-refractivity contribution in [2.75, 3.05) is 19.0 Å². The van der Waals surface area contributed by atoms with E-state index in [1.807, 2.05) is 24.3 Å². The highest BCUT2D eigenvalue weighted by Crippen LogP contribution is 2.29. The van der Waals surface area contributed by atoms with Crippen LogP contribution in [-0.2, 0) is 4.79 Å². The van der Waals surface area contributed by atoms with Gasteiger partial charge < -0.3 is 9.64 Å². The Bertz CT molecular complexity index is 1150. The molecular formula is C21H19N5O5S. The van der Waals surface area contributed by atoms with Crippen LogP contribution >= 0.6 is 11.3 Å². The molecule has 2 heterocycles. The van der Waals surface area contributed by atoms with Gasteiger partial charge in [0, 0.05) is 29.8 Å². The van der Waals surface area contributed by atoms with Gasteiger partial charge in [-0.2, -0.15) is 0 Å². The third kappa shape index (κ3) is 4.42. The predicted molar refractivity (Wildman–Crippen MR) is 118 cm³/mol. The van der Waals surface area contributed by atoms with Crippen molar-refractivity contribution in [1.82, 2.24) is 15.1 Å². The zero-order valence-corrected chi connectivity index (χ0v) is 17.9. The van der Waals surface area contributed by atoms with E-state index >= 15 is 0 Å². The van der Waals surface area contributed by atoms with Crippen LogP contribution in [0.5, 0.6) is 5.75 Å².